The molecule has 0 bridgehead atoms. The maximum Gasteiger partial charge on any atom is 0.287 e. The molecule has 3 atom stereocenters. The standard InChI is InChI=1S/C31H39N9O6/c1-17(26(41)27(32)42)36-29(44)23-13-19(40-24(14-35-38-40)31(2,3)46)15-39(23)30(45)22(12-18-8-5-4-6-9-18)37-28(43)20-10-7-11-21-25(20)34-16-33-21/h7,10-11,14,16-19,23,46H,4-6,8-9,12-13,15H2,1-3H3,(H2,32,42)(H,33,34)(H,36,44)/b37-22+/t17?,19-,23-/m0/s1. The SMILES string of the molecule is CC(NC(=O)[C@@H]1C[C@H](n2nncc2C(C)(C)O)CN1C(=O)/C(CC1CCCCC1)=N/C(=O)c1cccc2[nH]cnc12)C(=O)C(N)=O. The van der Waals surface area contributed by atoms with E-state index in [0.717, 1.165) is 32.1 Å². The minimum atomic E-state index is -1.32. The zero-order valence-electron chi connectivity index (χ0n) is 26.1. The Kier molecular flexibility index (Phi) is 9.42. The molecule has 5 rings (SSSR count). The lowest BCUT2D eigenvalue weighted by Crippen LogP contribution is -2.52. The Bertz CT molecular complexity index is 1680. The average molecular weight is 634 g/mol. The van der Waals surface area contributed by atoms with Crippen LogP contribution in [0.5, 0.6) is 0 Å². The van der Waals surface area contributed by atoms with Crippen molar-refractivity contribution < 1.29 is 29.1 Å². The zero-order chi connectivity index (χ0) is 33.2. The Hall–Kier alpha value is -4.79. The maximum atomic E-state index is 14.4. The molecule has 2 fully saturated rings. The third-order valence-corrected chi connectivity index (χ3v) is 8.76. The molecule has 1 saturated heterocycles. The number of likely N-dealkylation sites (tertiary alicyclic amines) is 1. The fourth-order valence-corrected chi connectivity index (χ4v) is 6.34. The molecule has 5 N–H and O–H groups in total. The number of carbonyl (C=O) groups is 5. The van der Waals surface area contributed by atoms with Crippen LogP contribution in [0.4, 0.5) is 0 Å². The van der Waals surface area contributed by atoms with Crippen molar-refractivity contribution in [1.29, 1.82) is 0 Å². The summed E-state index contributed by atoms with van der Waals surface area (Å²) in [7, 11) is 0. The summed E-state index contributed by atoms with van der Waals surface area (Å²) in [6, 6.07) is 2.13. The highest BCUT2D eigenvalue weighted by atomic mass is 16.3. The van der Waals surface area contributed by atoms with Gasteiger partial charge >= 0.3 is 0 Å². The minimum absolute atomic E-state index is 0.0189. The molecular weight excluding hydrogens is 594 g/mol. The summed E-state index contributed by atoms with van der Waals surface area (Å²) in [6.45, 7) is 4.45. The summed E-state index contributed by atoms with van der Waals surface area (Å²) in [4.78, 5) is 78.3. The number of primary amides is 1. The first kappa shape index (κ1) is 32.6. The summed E-state index contributed by atoms with van der Waals surface area (Å²) >= 11 is 0. The van der Waals surface area contributed by atoms with E-state index < -0.39 is 53.1 Å². The summed E-state index contributed by atoms with van der Waals surface area (Å²) < 4.78 is 1.48. The number of rotatable bonds is 10. The number of nitrogens with zero attached hydrogens (tertiary/aromatic N) is 6. The van der Waals surface area contributed by atoms with Gasteiger partial charge < -0.3 is 26.0 Å². The van der Waals surface area contributed by atoms with Crippen LogP contribution >= 0.6 is 0 Å². The molecule has 0 radical (unpaired) electrons. The van der Waals surface area contributed by atoms with E-state index in [1.807, 2.05) is 0 Å². The van der Waals surface area contributed by atoms with Crippen molar-refractivity contribution in [2.45, 2.75) is 89.4 Å². The second-order valence-corrected chi connectivity index (χ2v) is 12.6. The Morgan fingerprint density at radius 2 is 1.91 bits per heavy atom. The number of nitrogens with one attached hydrogen (secondary N) is 2. The van der Waals surface area contributed by atoms with Crippen molar-refractivity contribution in [1.82, 2.24) is 35.2 Å². The quantitative estimate of drug-likeness (QED) is 0.187. The zero-order valence-corrected chi connectivity index (χ0v) is 26.1. The summed E-state index contributed by atoms with van der Waals surface area (Å²) in [5.41, 5.74) is 5.52. The number of hydrogen-bond donors (Lipinski definition) is 4. The van der Waals surface area contributed by atoms with Crippen molar-refractivity contribution in [2.24, 2.45) is 16.6 Å². The molecule has 244 valence electrons. The number of fused-ring (bicyclic) bond motifs is 1. The van der Waals surface area contributed by atoms with Gasteiger partial charge in [0.1, 0.15) is 22.9 Å². The fourth-order valence-electron chi connectivity index (χ4n) is 6.34. The Morgan fingerprint density at radius 1 is 1.17 bits per heavy atom. The summed E-state index contributed by atoms with van der Waals surface area (Å²) in [5.74, 6) is -3.98. The summed E-state index contributed by atoms with van der Waals surface area (Å²) in [5, 5.41) is 21.3. The molecule has 0 spiro atoms. The van der Waals surface area contributed by atoms with Gasteiger partial charge in [-0.25, -0.2) is 14.7 Å². The van der Waals surface area contributed by atoms with Crippen molar-refractivity contribution in [3.8, 4) is 0 Å². The van der Waals surface area contributed by atoms with Crippen molar-refractivity contribution in [3.05, 3.63) is 42.0 Å². The third kappa shape index (κ3) is 6.88. The molecule has 2 aromatic heterocycles. The first-order chi connectivity index (χ1) is 21.8. The lowest BCUT2D eigenvalue weighted by molar-refractivity contribution is -0.139. The molecule has 2 aliphatic rings. The van der Waals surface area contributed by atoms with Crippen LogP contribution in [0, 0.1) is 5.92 Å². The first-order valence-electron chi connectivity index (χ1n) is 15.5. The van der Waals surface area contributed by atoms with Gasteiger partial charge in [0.05, 0.1) is 41.4 Å². The second-order valence-electron chi connectivity index (χ2n) is 12.6. The molecular formula is C31H39N9O6. The van der Waals surface area contributed by atoms with Gasteiger partial charge in [0.25, 0.3) is 17.7 Å². The van der Waals surface area contributed by atoms with Gasteiger partial charge in [-0.05, 0) is 45.2 Å². The van der Waals surface area contributed by atoms with E-state index in [0.29, 0.717) is 16.7 Å². The van der Waals surface area contributed by atoms with E-state index in [1.165, 1.54) is 29.0 Å². The number of hydrogen-bond acceptors (Lipinski definition) is 9. The molecule has 1 unspecified atom stereocenters. The first-order valence-corrected chi connectivity index (χ1v) is 15.5. The van der Waals surface area contributed by atoms with E-state index in [9.17, 15) is 29.1 Å². The number of carbonyl (C=O) groups excluding carboxylic acids is 5. The number of imidazole rings is 1. The second kappa shape index (κ2) is 13.3. The van der Waals surface area contributed by atoms with Crippen LogP contribution in [0.15, 0.2) is 35.7 Å². The molecule has 1 aliphatic heterocycles. The van der Waals surface area contributed by atoms with E-state index in [4.69, 9.17) is 5.73 Å². The van der Waals surface area contributed by atoms with Gasteiger partial charge in [-0.3, -0.25) is 24.0 Å². The van der Waals surface area contributed by atoms with Crippen LogP contribution in [-0.4, -0.2) is 88.7 Å². The van der Waals surface area contributed by atoms with Crippen molar-refractivity contribution >= 4 is 46.2 Å². The van der Waals surface area contributed by atoms with E-state index in [1.54, 1.807) is 32.0 Å². The van der Waals surface area contributed by atoms with Crippen LogP contribution in [0.3, 0.4) is 0 Å². The van der Waals surface area contributed by atoms with Crippen LogP contribution in [0.1, 0.15) is 87.8 Å². The highest BCUT2D eigenvalue weighted by Gasteiger charge is 2.44. The number of aromatic nitrogens is 5. The summed E-state index contributed by atoms with van der Waals surface area (Å²) in [6.07, 6.45) is 8.04. The number of benzene rings is 1. The molecule has 1 saturated carbocycles. The Morgan fingerprint density at radius 3 is 2.61 bits per heavy atom. The molecule has 3 aromatic rings. The number of para-hydroxylation sites is 1. The highest BCUT2D eigenvalue weighted by Crippen LogP contribution is 2.33. The number of H-pyrrole nitrogens is 1. The number of nitrogens with two attached hydrogens (primary N) is 1. The van der Waals surface area contributed by atoms with Gasteiger partial charge in [-0.15, -0.1) is 5.10 Å². The maximum absolute atomic E-state index is 14.4. The number of aromatic amines is 1. The van der Waals surface area contributed by atoms with Gasteiger partial charge in [-0.1, -0.05) is 43.4 Å². The van der Waals surface area contributed by atoms with Gasteiger partial charge in [0.15, 0.2) is 0 Å². The molecule has 4 amide bonds. The smallest absolute Gasteiger partial charge is 0.287 e. The Balaban J connectivity index is 1.51. The molecule has 1 aliphatic carbocycles. The molecule has 46 heavy (non-hydrogen) atoms. The van der Waals surface area contributed by atoms with E-state index >= 15 is 0 Å². The van der Waals surface area contributed by atoms with Crippen molar-refractivity contribution in [3.63, 3.8) is 0 Å². The molecule has 1 aromatic carbocycles. The van der Waals surface area contributed by atoms with Gasteiger partial charge in [0, 0.05) is 13.0 Å². The number of ketones is 1. The number of aliphatic hydroxyl groups is 1. The van der Waals surface area contributed by atoms with Crippen molar-refractivity contribution in [2.75, 3.05) is 6.54 Å². The normalized spacial score (nSPS) is 20.1. The average Bonchev–Trinajstić information content (AvgIpc) is 3.79. The Labute approximate surface area is 265 Å². The highest BCUT2D eigenvalue weighted by molar-refractivity contribution is 6.41. The molecule has 15 heteroatoms. The number of amides is 4. The third-order valence-electron chi connectivity index (χ3n) is 8.76. The molecule has 15 nitrogen and oxygen atoms in total. The predicted molar refractivity (Wildman–Crippen MR) is 165 cm³/mol. The molecule has 3 heterocycles. The topological polar surface area (TPSA) is 219 Å². The van der Waals surface area contributed by atoms with Crippen LogP contribution in [0.2, 0.25) is 0 Å². The van der Waals surface area contributed by atoms with Crippen LogP contribution in [-0.2, 0) is 24.8 Å². The van der Waals surface area contributed by atoms with E-state index in [2.05, 4.69) is 30.6 Å². The van der Waals surface area contributed by atoms with Gasteiger partial charge in [0.2, 0.25) is 11.7 Å². The lowest BCUT2D eigenvalue weighted by atomic mass is 9.85. The number of aliphatic imine (C=N–C) groups is 1. The van der Waals surface area contributed by atoms with Gasteiger partial charge in [-0.2, -0.15) is 0 Å². The van der Waals surface area contributed by atoms with E-state index in [-0.39, 0.29) is 36.6 Å². The minimum Gasteiger partial charge on any atom is -0.384 e. The largest absolute Gasteiger partial charge is 0.384 e. The fraction of sp³-hybridized carbons (Fsp3) is 0.516. The number of Topliss-reactive ketones (excluding diaryl/α,β-unsaturated/α-hetero) is 1. The lowest BCUT2D eigenvalue weighted by Gasteiger charge is -2.27. The predicted octanol–water partition coefficient (Wildman–Crippen LogP) is 1.33. The van der Waals surface area contributed by atoms with Crippen LogP contribution in [0.25, 0.3) is 11.0 Å². The van der Waals surface area contributed by atoms with Crippen LogP contribution < -0.4 is 11.1 Å². The monoisotopic (exact) mass is 633 g/mol.